The van der Waals surface area contributed by atoms with Crippen molar-refractivity contribution >= 4 is 28.8 Å². The number of hydrogen-bond donors (Lipinski definition) is 1. The second kappa shape index (κ2) is 3.55. The first-order valence-electron chi connectivity index (χ1n) is 2.76. The molecule has 1 aromatic carbocycles. The second-order valence-corrected chi connectivity index (χ2v) is 2.93. The number of oxime groups is 1. The summed E-state index contributed by atoms with van der Waals surface area (Å²) in [6.45, 7) is 0. The Morgan fingerprint density at radius 3 is 2.70 bits per heavy atom. The van der Waals surface area contributed by atoms with Crippen molar-refractivity contribution in [2.75, 3.05) is 0 Å². The van der Waals surface area contributed by atoms with Crippen LogP contribution in [0.15, 0.2) is 29.4 Å². The van der Waals surface area contributed by atoms with Gasteiger partial charge in [0.25, 0.3) is 0 Å². The summed E-state index contributed by atoms with van der Waals surface area (Å²) in [6, 6.07) is 7.69. The van der Waals surface area contributed by atoms with E-state index in [-0.39, 0.29) is 0 Å². The minimum absolute atomic E-state index is 0.936. The van der Waals surface area contributed by atoms with Gasteiger partial charge in [-0.1, -0.05) is 23.4 Å². The molecular formula is C7H6INO. The van der Waals surface area contributed by atoms with Gasteiger partial charge in [-0.2, -0.15) is 0 Å². The maximum Gasteiger partial charge on any atom is 0.0744 e. The third kappa shape index (κ3) is 1.70. The third-order valence-corrected chi connectivity index (χ3v) is 2.08. The molecule has 1 N–H and O–H groups in total. The molecule has 0 unspecified atom stereocenters. The lowest BCUT2D eigenvalue weighted by molar-refractivity contribution is 0.322. The Labute approximate surface area is 72.7 Å². The van der Waals surface area contributed by atoms with Gasteiger partial charge in [-0.25, -0.2) is 0 Å². The second-order valence-electron chi connectivity index (χ2n) is 1.77. The lowest BCUT2D eigenvalue weighted by atomic mass is 10.2. The van der Waals surface area contributed by atoms with Crippen LogP contribution in [0.25, 0.3) is 0 Å². The SMILES string of the molecule is O/N=C/c1ccccc1I. The topological polar surface area (TPSA) is 32.6 Å². The quantitative estimate of drug-likeness (QED) is 0.350. The van der Waals surface area contributed by atoms with Crippen LogP contribution in [0.2, 0.25) is 0 Å². The molecule has 0 heterocycles. The van der Waals surface area contributed by atoms with Crippen molar-refractivity contribution in [1.82, 2.24) is 0 Å². The van der Waals surface area contributed by atoms with E-state index in [9.17, 15) is 0 Å². The number of halogens is 1. The molecule has 0 aliphatic heterocycles. The fourth-order valence-electron chi connectivity index (χ4n) is 0.642. The Kier molecular flexibility index (Phi) is 2.68. The summed E-state index contributed by atoms with van der Waals surface area (Å²) < 4.78 is 1.08. The van der Waals surface area contributed by atoms with Crippen molar-refractivity contribution in [3.63, 3.8) is 0 Å². The molecule has 0 aliphatic carbocycles. The lowest BCUT2D eigenvalue weighted by Gasteiger charge is -1.92. The highest BCUT2D eigenvalue weighted by Gasteiger charge is 1.91. The van der Waals surface area contributed by atoms with Crippen LogP contribution in [-0.4, -0.2) is 11.4 Å². The van der Waals surface area contributed by atoms with Crippen molar-refractivity contribution in [2.24, 2.45) is 5.16 Å². The largest absolute Gasteiger partial charge is 0.411 e. The summed E-state index contributed by atoms with van der Waals surface area (Å²) in [5.41, 5.74) is 0.936. The zero-order valence-corrected chi connectivity index (χ0v) is 7.32. The van der Waals surface area contributed by atoms with E-state index in [1.54, 1.807) is 0 Å². The Hall–Kier alpha value is -0.580. The van der Waals surface area contributed by atoms with Gasteiger partial charge < -0.3 is 5.21 Å². The number of benzene rings is 1. The Morgan fingerprint density at radius 1 is 1.40 bits per heavy atom. The summed E-state index contributed by atoms with van der Waals surface area (Å²) in [5, 5.41) is 11.1. The van der Waals surface area contributed by atoms with Crippen LogP contribution in [0, 0.1) is 3.57 Å². The van der Waals surface area contributed by atoms with Crippen LogP contribution in [0.4, 0.5) is 0 Å². The molecule has 0 saturated carbocycles. The summed E-state index contributed by atoms with van der Waals surface area (Å²) in [4.78, 5) is 0. The molecule has 0 radical (unpaired) electrons. The lowest BCUT2D eigenvalue weighted by Crippen LogP contribution is -1.83. The van der Waals surface area contributed by atoms with E-state index in [0.29, 0.717) is 0 Å². The monoisotopic (exact) mass is 247 g/mol. The van der Waals surface area contributed by atoms with E-state index in [1.165, 1.54) is 6.21 Å². The molecule has 0 aliphatic rings. The van der Waals surface area contributed by atoms with Crippen molar-refractivity contribution < 1.29 is 5.21 Å². The van der Waals surface area contributed by atoms with Gasteiger partial charge in [0.1, 0.15) is 0 Å². The molecule has 52 valence electrons. The van der Waals surface area contributed by atoms with Gasteiger partial charge in [0.05, 0.1) is 6.21 Å². The highest BCUT2D eigenvalue weighted by Crippen LogP contribution is 2.08. The molecular weight excluding hydrogens is 241 g/mol. The average molecular weight is 247 g/mol. The van der Waals surface area contributed by atoms with E-state index in [1.807, 2.05) is 24.3 Å². The molecule has 0 fully saturated rings. The summed E-state index contributed by atoms with van der Waals surface area (Å²) in [7, 11) is 0. The van der Waals surface area contributed by atoms with Crippen molar-refractivity contribution in [3.8, 4) is 0 Å². The first-order valence-corrected chi connectivity index (χ1v) is 3.84. The first kappa shape index (κ1) is 7.53. The standard InChI is InChI=1S/C7H6INO/c8-7-4-2-1-3-6(7)5-9-10/h1-5,10H/b9-5+. The van der Waals surface area contributed by atoms with Crippen LogP contribution in [0.5, 0.6) is 0 Å². The molecule has 3 heteroatoms. The Morgan fingerprint density at radius 2 is 2.10 bits per heavy atom. The minimum atomic E-state index is 0.936. The molecule has 2 nitrogen and oxygen atoms in total. The van der Waals surface area contributed by atoms with Crippen LogP contribution in [0.1, 0.15) is 5.56 Å². The predicted molar refractivity (Wildman–Crippen MR) is 48.5 cm³/mol. The molecule has 0 spiro atoms. The Bertz CT molecular complexity index is 247. The van der Waals surface area contributed by atoms with E-state index < -0.39 is 0 Å². The van der Waals surface area contributed by atoms with E-state index in [0.717, 1.165) is 9.13 Å². The van der Waals surface area contributed by atoms with Gasteiger partial charge in [-0.15, -0.1) is 0 Å². The zero-order chi connectivity index (χ0) is 7.40. The van der Waals surface area contributed by atoms with Crippen molar-refractivity contribution in [3.05, 3.63) is 33.4 Å². The van der Waals surface area contributed by atoms with E-state index in [2.05, 4.69) is 27.7 Å². The Balaban J connectivity index is 3.03. The fraction of sp³-hybridized carbons (Fsp3) is 0. The summed E-state index contributed by atoms with van der Waals surface area (Å²) in [5.74, 6) is 0. The smallest absolute Gasteiger partial charge is 0.0744 e. The molecule has 0 saturated heterocycles. The van der Waals surface area contributed by atoms with Crippen LogP contribution >= 0.6 is 22.6 Å². The van der Waals surface area contributed by atoms with Gasteiger partial charge >= 0.3 is 0 Å². The van der Waals surface area contributed by atoms with Crippen LogP contribution < -0.4 is 0 Å². The van der Waals surface area contributed by atoms with Gasteiger partial charge in [-0.05, 0) is 28.7 Å². The van der Waals surface area contributed by atoms with Crippen LogP contribution in [-0.2, 0) is 0 Å². The van der Waals surface area contributed by atoms with E-state index >= 15 is 0 Å². The van der Waals surface area contributed by atoms with Gasteiger partial charge in [0.2, 0.25) is 0 Å². The normalized spacial score (nSPS) is 10.5. The fourth-order valence-corrected chi connectivity index (χ4v) is 1.17. The van der Waals surface area contributed by atoms with E-state index in [4.69, 9.17) is 5.21 Å². The number of rotatable bonds is 1. The number of nitrogens with zero attached hydrogens (tertiary/aromatic N) is 1. The van der Waals surface area contributed by atoms with Crippen molar-refractivity contribution in [1.29, 1.82) is 0 Å². The molecule has 0 amide bonds. The molecule has 0 aromatic heterocycles. The molecule has 10 heavy (non-hydrogen) atoms. The van der Waals surface area contributed by atoms with Gasteiger partial charge in [0, 0.05) is 9.13 Å². The average Bonchev–Trinajstić information content (AvgIpc) is 1.94. The minimum Gasteiger partial charge on any atom is -0.411 e. The maximum atomic E-state index is 8.21. The zero-order valence-electron chi connectivity index (χ0n) is 5.16. The maximum absolute atomic E-state index is 8.21. The highest BCUT2D eigenvalue weighted by molar-refractivity contribution is 14.1. The summed E-state index contributed by atoms with van der Waals surface area (Å²) >= 11 is 2.18. The molecule has 0 atom stereocenters. The molecule has 1 aromatic rings. The van der Waals surface area contributed by atoms with Crippen LogP contribution in [0.3, 0.4) is 0 Å². The summed E-state index contributed by atoms with van der Waals surface area (Å²) in [6.07, 6.45) is 1.42. The first-order chi connectivity index (χ1) is 4.84. The third-order valence-electron chi connectivity index (χ3n) is 1.10. The van der Waals surface area contributed by atoms with Gasteiger partial charge in [0.15, 0.2) is 0 Å². The van der Waals surface area contributed by atoms with Gasteiger partial charge in [-0.3, -0.25) is 0 Å². The highest BCUT2D eigenvalue weighted by atomic mass is 127. The number of hydrogen-bond acceptors (Lipinski definition) is 2. The predicted octanol–water partition coefficient (Wildman–Crippen LogP) is 2.10. The van der Waals surface area contributed by atoms with Crippen molar-refractivity contribution in [2.45, 2.75) is 0 Å². The molecule has 0 bridgehead atoms. The molecule has 1 rings (SSSR count).